The van der Waals surface area contributed by atoms with Gasteiger partial charge in [-0.05, 0) is 23.6 Å². The van der Waals surface area contributed by atoms with Crippen LogP contribution in [0.4, 0.5) is 4.39 Å². The fraction of sp³-hybridized carbons (Fsp3) is 0.154. The molecule has 0 aliphatic carbocycles. The zero-order valence-electron chi connectivity index (χ0n) is 9.76. The molecule has 1 aromatic heterocycles. The van der Waals surface area contributed by atoms with Crippen LogP contribution >= 0.6 is 11.3 Å². The summed E-state index contributed by atoms with van der Waals surface area (Å²) < 4.78 is 13.5. The summed E-state index contributed by atoms with van der Waals surface area (Å²) in [6.07, 6.45) is 0. The minimum absolute atomic E-state index is 0.0353. The Morgan fingerprint density at radius 2 is 2.22 bits per heavy atom. The van der Waals surface area contributed by atoms with Gasteiger partial charge in [-0.3, -0.25) is 4.79 Å². The van der Waals surface area contributed by atoms with Crippen LogP contribution < -0.4 is 0 Å². The van der Waals surface area contributed by atoms with Crippen molar-refractivity contribution in [2.75, 3.05) is 7.05 Å². The molecule has 5 heteroatoms. The van der Waals surface area contributed by atoms with E-state index < -0.39 is 11.7 Å². The number of phenols is 1. The molecule has 0 bridgehead atoms. The third-order valence-corrected chi connectivity index (χ3v) is 3.36. The SMILES string of the molecule is CN(Cc1cccs1)C(=O)c1ccc(O)cc1F. The number of halogens is 1. The van der Waals surface area contributed by atoms with Crippen molar-refractivity contribution >= 4 is 17.2 Å². The molecule has 94 valence electrons. The average Bonchev–Trinajstić information content (AvgIpc) is 2.81. The van der Waals surface area contributed by atoms with Crippen LogP contribution in [-0.4, -0.2) is 23.0 Å². The van der Waals surface area contributed by atoms with Gasteiger partial charge in [-0.2, -0.15) is 0 Å². The molecule has 0 fully saturated rings. The quantitative estimate of drug-likeness (QED) is 0.927. The van der Waals surface area contributed by atoms with Gasteiger partial charge in [0.15, 0.2) is 0 Å². The zero-order chi connectivity index (χ0) is 13.1. The lowest BCUT2D eigenvalue weighted by molar-refractivity contribution is 0.0782. The number of thiophene rings is 1. The van der Waals surface area contributed by atoms with Crippen molar-refractivity contribution in [3.63, 3.8) is 0 Å². The molecule has 0 saturated heterocycles. The average molecular weight is 265 g/mol. The van der Waals surface area contributed by atoms with Crippen LogP contribution in [0.1, 0.15) is 15.2 Å². The first kappa shape index (κ1) is 12.6. The van der Waals surface area contributed by atoms with Gasteiger partial charge in [-0.25, -0.2) is 4.39 Å². The van der Waals surface area contributed by atoms with Crippen LogP contribution in [0.25, 0.3) is 0 Å². The summed E-state index contributed by atoms with van der Waals surface area (Å²) in [6, 6.07) is 7.35. The monoisotopic (exact) mass is 265 g/mol. The minimum atomic E-state index is -0.710. The molecule has 18 heavy (non-hydrogen) atoms. The first-order chi connectivity index (χ1) is 8.58. The smallest absolute Gasteiger partial charge is 0.256 e. The second-order valence-electron chi connectivity index (χ2n) is 3.90. The number of rotatable bonds is 3. The number of hydrogen-bond acceptors (Lipinski definition) is 3. The number of amides is 1. The second kappa shape index (κ2) is 5.18. The fourth-order valence-electron chi connectivity index (χ4n) is 1.59. The standard InChI is InChI=1S/C13H12FNO2S/c1-15(8-10-3-2-6-18-10)13(17)11-5-4-9(16)7-12(11)14/h2-7,16H,8H2,1H3. The van der Waals surface area contributed by atoms with Gasteiger partial charge in [-0.1, -0.05) is 6.07 Å². The Labute approximate surface area is 108 Å². The van der Waals surface area contributed by atoms with Crippen molar-refractivity contribution in [2.24, 2.45) is 0 Å². The first-order valence-corrected chi connectivity index (χ1v) is 6.22. The summed E-state index contributed by atoms with van der Waals surface area (Å²) in [5.41, 5.74) is -0.0353. The van der Waals surface area contributed by atoms with Crippen molar-refractivity contribution in [1.82, 2.24) is 4.90 Å². The third-order valence-electron chi connectivity index (χ3n) is 2.50. The Morgan fingerprint density at radius 3 is 2.83 bits per heavy atom. The van der Waals surface area contributed by atoms with Crippen LogP contribution in [0.2, 0.25) is 0 Å². The number of nitrogens with zero attached hydrogens (tertiary/aromatic N) is 1. The lowest BCUT2D eigenvalue weighted by Crippen LogP contribution is -2.26. The molecule has 0 saturated carbocycles. The molecule has 0 atom stereocenters. The molecule has 2 rings (SSSR count). The summed E-state index contributed by atoms with van der Waals surface area (Å²) in [7, 11) is 1.62. The van der Waals surface area contributed by atoms with Crippen LogP contribution in [0, 0.1) is 5.82 Å². The van der Waals surface area contributed by atoms with Gasteiger partial charge in [0.05, 0.1) is 12.1 Å². The molecule has 1 amide bonds. The highest BCUT2D eigenvalue weighted by Crippen LogP contribution is 2.18. The molecule has 2 aromatic rings. The highest BCUT2D eigenvalue weighted by Gasteiger charge is 2.16. The molecule has 0 aliphatic rings. The van der Waals surface area contributed by atoms with Gasteiger partial charge in [0.25, 0.3) is 5.91 Å². The summed E-state index contributed by atoms with van der Waals surface area (Å²) in [5.74, 6) is -1.30. The summed E-state index contributed by atoms with van der Waals surface area (Å²) in [4.78, 5) is 14.5. The molecule has 1 aromatic carbocycles. The maximum absolute atomic E-state index is 13.5. The Kier molecular flexibility index (Phi) is 3.62. The van der Waals surface area contributed by atoms with Crippen molar-refractivity contribution < 1.29 is 14.3 Å². The van der Waals surface area contributed by atoms with Crippen LogP contribution in [0.5, 0.6) is 5.75 Å². The maximum Gasteiger partial charge on any atom is 0.256 e. The summed E-state index contributed by atoms with van der Waals surface area (Å²) in [5, 5.41) is 11.0. The van der Waals surface area contributed by atoms with Crippen molar-refractivity contribution in [2.45, 2.75) is 6.54 Å². The van der Waals surface area contributed by atoms with E-state index in [9.17, 15) is 9.18 Å². The normalized spacial score (nSPS) is 10.3. The fourth-order valence-corrected chi connectivity index (χ4v) is 2.35. The lowest BCUT2D eigenvalue weighted by Gasteiger charge is -2.16. The van der Waals surface area contributed by atoms with Crippen molar-refractivity contribution in [3.05, 3.63) is 52.0 Å². The molecule has 1 N–H and O–H groups in total. The topological polar surface area (TPSA) is 40.5 Å². The van der Waals surface area contributed by atoms with E-state index >= 15 is 0 Å². The molecule has 0 radical (unpaired) electrons. The Balaban J connectivity index is 2.15. The molecular weight excluding hydrogens is 253 g/mol. The van der Waals surface area contributed by atoms with Gasteiger partial charge in [0, 0.05) is 18.0 Å². The van der Waals surface area contributed by atoms with E-state index in [4.69, 9.17) is 5.11 Å². The second-order valence-corrected chi connectivity index (χ2v) is 4.94. The number of phenolic OH excluding ortho intramolecular Hbond substituents is 1. The van der Waals surface area contributed by atoms with E-state index in [-0.39, 0.29) is 11.3 Å². The summed E-state index contributed by atoms with van der Waals surface area (Å²) in [6.45, 7) is 0.441. The Bertz CT molecular complexity index is 554. The predicted octanol–water partition coefficient (Wildman–Crippen LogP) is 2.87. The first-order valence-electron chi connectivity index (χ1n) is 5.34. The third kappa shape index (κ3) is 2.68. The largest absolute Gasteiger partial charge is 0.508 e. The van der Waals surface area contributed by atoms with E-state index in [0.717, 1.165) is 10.9 Å². The molecule has 0 unspecified atom stereocenters. The Hall–Kier alpha value is -1.88. The number of benzene rings is 1. The number of aromatic hydroxyl groups is 1. The molecular formula is C13H12FNO2S. The van der Waals surface area contributed by atoms with Crippen LogP contribution in [0.3, 0.4) is 0 Å². The maximum atomic E-state index is 13.5. The van der Waals surface area contributed by atoms with Crippen LogP contribution in [0.15, 0.2) is 35.7 Å². The minimum Gasteiger partial charge on any atom is -0.508 e. The van der Waals surface area contributed by atoms with Crippen molar-refractivity contribution in [3.8, 4) is 5.75 Å². The van der Waals surface area contributed by atoms with E-state index in [1.165, 1.54) is 17.0 Å². The highest BCUT2D eigenvalue weighted by molar-refractivity contribution is 7.09. The van der Waals surface area contributed by atoms with Gasteiger partial charge >= 0.3 is 0 Å². The molecule has 0 aliphatic heterocycles. The van der Waals surface area contributed by atoms with Crippen LogP contribution in [-0.2, 0) is 6.54 Å². The van der Waals surface area contributed by atoms with E-state index in [2.05, 4.69) is 0 Å². The molecule has 1 heterocycles. The summed E-state index contributed by atoms with van der Waals surface area (Å²) >= 11 is 1.54. The van der Waals surface area contributed by atoms with Gasteiger partial charge < -0.3 is 10.0 Å². The molecule has 0 spiro atoms. The van der Waals surface area contributed by atoms with E-state index in [0.29, 0.717) is 6.54 Å². The van der Waals surface area contributed by atoms with Crippen molar-refractivity contribution in [1.29, 1.82) is 0 Å². The number of carbonyl (C=O) groups excluding carboxylic acids is 1. The zero-order valence-corrected chi connectivity index (χ0v) is 10.6. The van der Waals surface area contributed by atoms with Gasteiger partial charge in [0.1, 0.15) is 11.6 Å². The Morgan fingerprint density at radius 1 is 1.44 bits per heavy atom. The van der Waals surface area contributed by atoms with E-state index in [1.54, 1.807) is 18.4 Å². The lowest BCUT2D eigenvalue weighted by atomic mass is 10.2. The van der Waals surface area contributed by atoms with E-state index in [1.807, 2.05) is 17.5 Å². The highest BCUT2D eigenvalue weighted by atomic mass is 32.1. The molecule has 3 nitrogen and oxygen atoms in total. The van der Waals surface area contributed by atoms with Gasteiger partial charge in [0.2, 0.25) is 0 Å². The van der Waals surface area contributed by atoms with Gasteiger partial charge in [-0.15, -0.1) is 11.3 Å². The predicted molar refractivity (Wildman–Crippen MR) is 68.2 cm³/mol. The number of hydrogen-bond donors (Lipinski definition) is 1. The number of carbonyl (C=O) groups is 1.